The number of hydrogen-bond donors (Lipinski definition) is 1. The summed E-state index contributed by atoms with van der Waals surface area (Å²) >= 11 is 0. The molecule has 2 heterocycles. The third-order valence-electron chi connectivity index (χ3n) is 4.02. The van der Waals surface area contributed by atoms with Crippen molar-refractivity contribution in [3.05, 3.63) is 17.5 Å². The average Bonchev–Trinajstić information content (AvgIpc) is 3.02. The zero-order valence-electron chi connectivity index (χ0n) is 13.1. The molecule has 0 aliphatic carbocycles. The Hall–Kier alpha value is -1.40. The predicted molar refractivity (Wildman–Crippen MR) is 81.5 cm³/mol. The zero-order chi connectivity index (χ0) is 15.2. The van der Waals surface area contributed by atoms with Crippen molar-refractivity contribution in [2.75, 3.05) is 39.3 Å². The molecular weight excluding hydrogens is 268 g/mol. The van der Waals surface area contributed by atoms with Crippen molar-refractivity contribution in [2.24, 2.45) is 0 Å². The number of carbonyl (C=O) groups is 1. The highest BCUT2D eigenvalue weighted by atomic mass is 16.4. The van der Waals surface area contributed by atoms with E-state index in [1.807, 2.05) is 29.5 Å². The molecule has 0 atom stereocenters. The van der Waals surface area contributed by atoms with Gasteiger partial charge in [-0.05, 0) is 45.8 Å². The molecule has 1 N–H and O–H groups in total. The van der Waals surface area contributed by atoms with Crippen molar-refractivity contribution >= 4 is 5.97 Å². The molecule has 1 aromatic heterocycles. The summed E-state index contributed by atoms with van der Waals surface area (Å²) < 4.78 is 1.96. The SMILES string of the molecule is Cc1cc(C)n(CCN(CCN2CCCC2)CC(=O)O)n1. The van der Waals surface area contributed by atoms with Crippen LogP contribution in [0.25, 0.3) is 0 Å². The average molecular weight is 294 g/mol. The third-order valence-corrected chi connectivity index (χ3v) is 4.02. The maximum atomic E-state index is 11.0. The number of carboxylic acids is 1. The number of likely N-dealkylation sites (tertiary alicyclic amines) is 1. The van der Waals surface area contributed by atoms with E-state index in [-0.39, 0.29) is 6.54 Å². The summed E-state index contributed by atoms with van der Waals surface area (Å²) in [5.74, 6) is -0.759. The fourth-order valence-electron chi connectivity index (χ4n) is 2.89. The zero-order valence-corrected chi connectivity index (χ0v) is 13.1. The molecule has 118 valence electrons. The number of hydrogen-bond acceptors (Lipinski definition) is 4. The summed E-state index contributed by atoms with van der Waals surface area (Å²) in [6.07, 6.45) is 2.54. The molecule has 0 spiro atoms. The van der Waals surface area contributed by atoms with Gasteiger partial charge in [0.25, 0.3) is 0 Å². The van der Waals surface area contributed by atoms with Gasteiger partial charge in [-0.2, -0.15) is 5.10 Å². The van der Waals surface area contributed by atoms with E-state index >= 15 is 0 Å². The lowest BCUT2D eigenvalue weighted by Gasteiger charge is -2.23. The molecule has 2 rings (SSSR count). The van der Waals surface area contributed by atoms with E-state index in [0.29, 0.717) is 0 Å². The van der Waals surface area contributed by atoms with Gasteiger partial charge in [-0.3, -0.25) is 14.4 Å². The molecule has 6 heteroatoms. The van der Waals surface area contributed by atoms with Gasteiger partial charge in [-0.25, -0.2) is 0 Å². The van der Waals surface area contributed by atoms with Crippen molar-refractivity contribution < 1.29 is 9.90 Å². The quantitative estimate of drug-likeness (QED) is 0.774. The number of aromatic nitrogens is 2. The molecule has 0 aromatic carbocycles. The fraction of sp³-hybridized carbons (Fsp3) is 0.733. The van der Waals surface area contributed by atoms with Crippen molar-refractivity contribution in [3.63, 3.8) is 0 Å². The number of carboxylic acid groups (broad SMARTS) is 1. The number of nitrogens with zero attached hydrogens (tertiary/aromatic N) is 4. The third kappa shape index (κ3) is 5.13. The first-order chi connectivity index (χ1) is 10.0. The van der Waals surface area contributed by atoms with Crippen LogP contribution in [-0.4, -0.2) is 69.9 Å². The smallest absolute Gasteiger partial charge is 0.317 e. The lowest BCUT2D eigenvalue weighted by Crippen LogP contribution is -2.38. The first-order valence-corrected chi connectivity index (χ1v) is 7.72. The van der Waals surface area contributed by atoms with E-state index < -0.39 is 5.97 Å². The minimum atomic E-state index is -0.759. The number of aryl methyl sites for hydroxylation is 2. The molecule has 0 saturated carbocycles. The van der Waals surface area contributed by atoms with Crippen LogP contribution in [0.15, 0.2) is 6.07 Å². The second-order valence-electron chi connectivity index (χ2n) is 5.87. The van der Waals surface area contributed by atoms with Crippen LogP contribution in [0.3, 0.4) is 0 Å². The van der Waals surface area contributed by atoms with Gasteiger partial charge < -0.3 is 10.0 Å². The van der Waals surface area contributed by atoms with Crippen LogP contribution < -0.4 is 0 Å². The Balaban J connectivity index is 1.83. The minimum absolute atomic E-state index is 0.104. The van der Waals surface area contributed by atoms with Gasteiger partial charge >= 0.3 is 5.97 Å². The maximum Gasteiger partial charge on any atom is 0.317 e. The van der Waals surface area contributed by atoms with Crippen LogP contribution in [0.2, 0.25) is 0 Å². The predicted octanol–water partition coefficient (Wildman–Crippen LogP) is 0.982. The van der Waals surface area contributed by atoms with Gasteiger partial charge in [0.1, 0.15) is 0 Å². The molecule has 21 heavy (non-hydrogen) atoms. The van der Waals surface area contributed by atoms with Crippen LogP contribution in [-0.2, 0) is 11.3 Å². The highest BCUT2D eigenvalue weighted by Crippen LogP contribution is 2.07. The van der Waals surface area contributed by atoms with Crippen LogP contribution in [0.4, 0.5) is 0 Å². The Morgan fingerprint density at radius 1 is 1.29 bits per heavy atom. The van der Waals surface area contributed by atoms with E-state index in [2.05, 4.69) is 10.00 Å². The lowest BCUT2D eigenvalue weighted by atomic mass is 10.4. The topological polar surface area (TPSA) is 61.6 Å². The molecule has 1 aromatic rings. The van der Waals surface area contributed by atoms with Crippen LogP contribution in [0, 0.1) is 13.8 Å². The first-order valence-electron chi connectivity index (χ1n) is 7.72. The molecule has 0 unspecified atom stereocenters. The molecule has 6 nitrogen and oxygen atoms in total. The fourth-order valence-corrected chi connectivity index (χ4v) is 2.89. The summed E-state index contributed by atoms with van der Waals surface area (Å²) in [4.78, 5) is 15.4. The van der Waals surface area contributed by atoms with E-state index in [0.717, 1.165) is 50.7 Å². The van der Waals surface area contributed by atoms with Crippen LogP contribution >= 0.6 is 0 Å². The minimum Gasteiger partial charge on any atom is -0.480 e. The molecule has 0 amide bonds. The Morgan fingerprint density at radius 2 is 1.95 bits per heavy atom. The number of rotatable bonds is 8. The van der Waals surface area contributed by atoms with E-state index in [4.69, 9.17) is 5.11 Å². The van der Waals surface area contributed by atoms with E-state index in [9.17, 15) is 4.79 Å². The Kier molecular flexibility index (Phi) is 5.76. The van der Waals surface area contributed by atoms with Gasteiger partial charge in [0.05, 0.1) is 18.8 Å². The van der Waals surface area contributed by atoms with Crippen molar-refractivity contribution in [3.8, 4) is 0 Å². The molecule has 1 aliphatic rings. The monoisotopic (exact) mass is 294 g/mol. The first kappa shape index (κ1) is 16.0. The molecule has 1 aliphatic heterocycles. The standard InChI is InChI=1S/C15H26N4O2/c1-13-11-14(2)19(16-13)10-9-18(12-15(20)21)8-7-17-5-3-4-6-17/h11H,3-10,12H2,1-2H3,(H,20,21). The molecule has 0 radical (unpaired) electrons. The Bertz CT molecular complexity index is 466. The highest BCUT2D eigenvalue weighted by Gasteiger charge is 2.15. The van der Waals surface area contributed by atoms with Gasteiger partial charge in [0, 0.05) is 25.3 Å². The normalized spacial score (nSPS) is 16.0. The summed E-state index contributed by atoms with van der Waals surface area (Å²) in [6.45, 7) is 9.66. The second-order valence-corrected chi connectivity index (χ2v) is 5.87. The summed E-state index contributed by atoms with van der Waals surface area (Å²) in [7, 11) is 0. The largest absolute Gasteiger partial charge is 0.480 e. The van der Waals surface area contributed by atoms with Crippen LogP contribution in [0.5, 0.6) is 0 Å². The molecule has 0 bridgehead atoms. The Morgan fingerprint density at radius 3 is 2.52 bits per heavy atom. The van der Waals surface area contributed by atoms with Crippen molar-refractivity contribution in [1.29, 1.82) is 0 Å². The van der Waals surface area contributed by atoms with Crippen LogP contribution in [0.1, 0.15) is 24.2 Å². The van der Waals surface area contributed by atoms with Gasteiger partial charge in [0.15, 0.2) is 0 Å². The highest BCUT2D eigenvalue weighted by molar-refractivity contribution is 5.69. The molecular formula is C15H26N4O2. The van der Waals surface area contributed by atoms with Gasteiger partial charge in [0.2, 0.25) is 0 Å². The van der Waals surface area contributed by atoms with Crippen molar-refractivity contribution in [1.82, 2.24) is 19.6 Å². The van der Waals surface area contributed by atoms with E-state index in [1.54, 1.807) is 0 Å². The van der Waals surface area contributed by atoms with Crippen molar-refractivity contribution in [2.45, 2.75) is 33.2 Å². The van der Waals surface area contributed by atoms with E-state index in [1.165, 1.54) is 12.8 Å². The maximum absolute atomic E-state index is 11.0. The summed E-state index contributed by atoms with van der Waals surface area (Å²) in [5, 5.41) is 13.5. The number of aliphatic carboxylic acids is 1. The molecule has 1 saturated heterocycles. The summed E-state index contributed by atoms with van der Waals surface area (Å²) in [6, 6.07) is 2.05. The molecule has 1 fully saturated rings. The van der Waals surface area contributed by atoms with Gasteiger partial charge in [-0.1, -0.05) is 0 Å². The lowest BCUT2D eigenvalue weighted by molar-refractivity contribution is -0.138. The van der Waals surface area contributed by atoms with Gasteiger partial charge in [-0.15, -0.1) is 0 Å². The second kappa shape index (κ2) is 7.56. The Labute approximate surface area is 126 Å². The summed E-state index contributed by atoms with van der Waals surface area (Å²) in [5.41, 5.74) is 2.14.